The van der Waals surface area contributed by atoms with E-state index in [1.54, 1.807) is 31.2 Å². The summed E-state index contributed by atoms with van der Waals surface area (Å²) in [5, 5.41) is 17.3. The zero-order valence-electron chi connectivity index (χ0n) is 22.2. The minimum absolute atomic E-state index is 0.0184. The lowest BCUT2D eigenvalue weighted by atomic mass is 10.00. The highest BCUT2D eigenvalue weighted by Crippen LogP contribution is 2.32. The van der Waals surface area contributed by atoms with Gasteiger partial charge in [-0.3, -0.25) is 9.10 Å². The Morgan fingerprint density at radius 1 is 1.00 bits per heavy atom. The Hall–Kier alpha value is -3.60. The number of hydrogen-bond donors (Lipinski definition) is 3. The van der Waals surface area contributed by atoms with Crippen LogP contribution in [-0.2, 0) is 23.0 Å². The molecule has 39 heavy (non-hydrogen) atoms. The van der Waals surface area contributed by atoms with Gasteiger partial charge in [0.2, 0.25) is 16.8 Å². The molecular weight excluding hydrogens is 518 g/mol. The number of aliphatic hydroxyl groups excluding tert-OH is 1. The van der Waals surface area contributed by atoms with Crippen LogP contribution in [0.4, 0.5) is 5.69 Å². The molecule has 9 nitrogen and oxygen atoms in total. The Labute approximate surface area is 229 Å². The number of fused-ring (bicyclic) bond motifs is 1. The number of anilines is 1. The highest BCUT2D eigenvalue weighted by molar-refractivity contribution is 7.92. The number of ether oxygens (including phenoxy) is 2. The molecule has 208 valence electrons. The van der Waals surface area contributed by atoms with Gasteiger partial charge in [-0.05, 0) is 54.3 Å². The van der Waals surface area contributed by atoms with Crippen molar-refractivity contribution < 1.29 is 27.8 Å². The monoisotopic (exact) mass is 553 g/mol. The number of amides is 1. The van der Waals surface area contributed by atoms with Crippen LogP contribution in [0.2, 0.25) is 0 Å². The summed E-state index contributed by atoms with van der Waals surface area (Å²) in [7, 11) is -2.00. The van der Waals surface area contributed by atoms with Gasteiger partial charge < -0.3 is 25.2 Å². The Morgan fingerprint density at radius 3 is 2.54 bits per heavy atom. The SMILES string of the molecule is CCCS(=O)(=O)N(C)c1cccc(C(=O)N[C@@H](Cc2ccccc2)[C@H](O)CNCc2ccc3c(c2)OCO3)c1. The smallest absolute Gasteiger partial charge is 0.251 e. The molecule has 1 amide bonds. The highest BCUT2D eigenvalue weighted by Gasteiger charge is 2.24. The predicted octanol–water partition coefficient (Wildman–Crippen LogP) is 3.08. The number of aliphatic hydroxyl groups is 1. The third kappa shape index (κ3) is 7.50. The van der Waals surface area contributed by atoms with Gasteiger partial charge >= 0.3 is 0 Å². The number of carbonyl (C=O) groups excluding carboxylic acids is 1. The lowest BCUT2D eigenvalue weighted by Crippen LogP contribution is -2.48. The van der Waals surface area contributed by atoms with Crippen LogP contribution < -0.4 is 24.4 Å². The molecule has 0 aliphatic carbocycles. The molecular formula is C29H35N3O6S. The molecule has 0 saturated heterocycles. The minimum atomic E-state index is -3.48. The first-order valence-electron chi connectivity index (χ1n) is 13.0. The van der Waals surface area contributed by atoms with E-state index in [1.165, 1.54) is 11.4 Å². The van der Waals surface area contributed by atoms with E-state index >= 15 is 0 Å². The first-order chi connectivity index (χ1) is 18.8. The number of carbonyl (C=O) groups is 1. The summed E-state index contributed by atoms with van der Waals surface area (Å²) in [6.07, 6.45) is 0.0254. The number of rotatable bonds is 13. The quantitative estimate of drug-likeness (QED) is 0.298. The van der Waals surface area contributed by atoms with Crippen LogP contribution >= 0.6 is 0 Å². The molecule has 10 heteroatoms. The van der Waals surface area contributed by atoms with Crippen molar-refractivity contribution in [3.63, 3.8) is 0 Å². The molecule has 0 saturated carbocycles. The fourth-order valence-corrected chi connectivity index (χ4v) is 5.58. The maximum absolute atomic E-state index is 13.3. The van der Waals surface area contributed by atoms with Gasteiger partial charge in [-0.1, -0.05) is 49.4 Å². The Kier molecular flexibility index (Phi) is 9.45. The first-order valence-corrected chi connectivity index (χ1v) is 14.6. The van der Waals surface area contributed by atoms with Crippen LogP contribution in [0, 0.1) is 0 Å². The van der Waals surface area contributed by atoms with Crippen molar-refractivity contribution in [3.8, 4) is 11.5 Å². The number of nitrogens with one attached hydrogen (secondary N) is 2. The molecule has 0 radical (unpaired) electrons. The molecule has 0 aromatic heterocycles. The molecule has 0 unspecified atom stereocenters. The second-order valence-electron chi connectivity index (χ2n) is 9.49. The lowest BCUT2D eigenvalue weighted by molar-refractivity contribution is 0.0830. The summed E-state index contributed by atoms with van der Waals surface area (Å²) in [4.78, 5) is 13.3. The van der Waals surface area contributed by atoms with Gasteiger partial charge in [-0.2, -0.15) is 0 Å². The van der Waals surface area contributed by atoms with E-state index in [4.69, 9.17) is 9.47 Å². The second-order valence-corrected chi connectivity index (χ2v) is 11.6. The third-order valence-electron chi connectivity index (χ3n) is 6.55. The molecule has 1 aliphatic heterocycles. The van der Waals surface area contributed by atoms with Crippen molar-refractivity contribution in [2.24, 2.45) is 0 Å². The van der Waals surface area contributed by atoms with Gasteiger partial charge in [0, 0.05) is 25.7 Å². The molecule has 3 aromatic carbocycles. The molecule has 0 spiro atoms. The van der Waals surface area contributed by atoms with Crippen LogP contribution in [-0.4, -0.2) is 57.7 Å². The molecule has 0 fully saturated rings. The zero-order valence-corrected chi connectivity index (χ0v) is 23.0. The number of nitrogens with zero attached hydrogens (tertiary/aromatic N) is 1. The number of sulfonamides is 1. The predicted molar refractivity (Wildman–Crippen MR) is 151 cm³/mol. The molecule has 3 N–H and O–H groups in total. The first kappa shape index (κ1) is 28.4. The molecule has 1 heterocycles. The van der Waals surface area contributed by atoms with Crippen LogP contribution in [0.1, 0.15) is 34.8 Å². The van der Waals surface area contributed by atoms with Crippen molar-refractivity contribution in [3.05, 3.63) is 89.5 Å². The molecule has 4 rings (SSSR count). The zero-order chi connectivity index (χ0) is 27.8. The molecule has 2 atom stereocenters. The molecule has 3 aromatic rings. The van der Waals surface area contributed by atoms with E-state index < -0.39 is 28.1 Å². The topological polar surface area (TPSA) is 117 Å². The van der Waals surface area contributed by atoms with E-state index in [0.717, 1.165) is 11.1 Å². The van der Waals surface area contributed by atoms with Crippen LogP contribution in [0.5, 0.6) is 11.5 Å². The van der Waals surface area contributed by atoms with Gasteiger partial charge in [0.15, 0.2) is 11.5 Å². The summed E-state index contributed by atoms with van der Waals surface area (Å²) >= 11 is 0. The van der Waals surface area contributed by atoms with Gasteiger partial charge in [-0.25, -0.2) is 8.42 Å². The number of hydrogen-bond acceptors (Lipinski definition) is 7. The fraction of sp³-hybridized carbons (Fsp3) is 0.345. The molecule has 1 aliphatic rings. The largest absolute Gasteiger partial charge is 0.454 e. The van der Waals surface area contributed by atoms with E-state index in [-0.39, 0.29) is 19.1 Å². The number of benzene rings is 3. The van der Waals surface area contributed by atoms with Crippen molar-refractivity contribution in [2.75, 3.05) is 30.4 Å². The Morgan fingerprint density at radius 2 is 1.77 bits per heavy atom. The summed E-state index contributed by atoms with van der Waals surface area (Å²) < 4.78 is 37.0. The Balaban J connectivity index is 1.44. The standard InChI is InChI=1S/C29H35N3O6S/c1-3-14-39(35,36)32(2)24-11-7-10-23(17-24)29(34)31-25(15-21-8-5-4-6-9-21)26(33)19-30-18-22-12-13-27-28(16-22)38-20-37-27/h4-13,16-17,25-26,30,33H,3,14-15,18-20H2,1-2H3,(H,31,34)/t25-,26+/m0/s1. The summed E-state index contributed by atoms with van der Waals surface area (Å²) in [6, 6.07) is 21.2. The lowest BCUT2D eigenvalue weighted by Gasteiger charge is -2.25. The van der Waals surface area contributed by atoms with Crippen LogP contribution in [0.25, 0.3) is 0 Å². The van der Waals surface area contributed by atoms with Crippen molar-refractivity contribution >= 4 is 21.6 Å². The van der Waals surface area contributed by atoms with E-state index in [1.807, 2.05) is 48.5 Å². The summed E-state index contributed by atoms with van der Waals surface area (Å²) in [5.74, 6) is 1.03. The maximum Gasteiger partial charge on any atom is 0.251 e. The van der Waals surface area contributed by atoms with Crippen LogP contribution in [0.3, 0.4) is 0 Å². The summed E-state index contributed by atoms with van der Waals surface area (Å²) in [5.41, 5.74) is 2.66. The van der Waals surface area contributed by atoms with Crippen molar-refractivity contribution in [1.82, 2.24) is 10.6 Å². The average molecular weight is 554 g/mol. The highest BCUT2D eigenvalue weighted by atomic mass is 32.2. The third-order valence-corrected chi connectivity index (χ3v) is 8.52. The molecule has 0 bridgehead atoms. The Bertz CT molecular complexity index is 1370. The van der Waals surface area contributed by atoms with Gasteiger partial charge in [-0.15, -0.1) is 0 Å². The average Bonchev–Trinajstić information content (AvgIpc) is 3.41. The fourth-order valence-electron chi connectivity index (χ4n) is 4.36. The minimum Gasteiger partial charge on any atom is -0.454 e. The van der Waals surface area contributed by atoms with E-state index in [0.29, 0.717) is 42.1 Å². The summed E-state index contributed by atoms with van der Waals surface area (Å²) in [6.45, 7) is 2.75. The van der Waals surface area contributed by atoms with Gasteiger partial charge in [0.05, 0.1) is 23.6 Å². The van der Waals surface area contributed by atoms with E-state index in [2.05, 4.69) is 10.6 Å². The van der Waals surface area contributed by atoms with Crippen LogP contribution in [0.15, 0.2) is 72.8 Å². The van der Waals surface area contributed by atoms with E-state index in [9.17, 15) is 18.3 Å². The van der Waals surface area contributed by atoms with Crippen molar-refractivity contribution in [1.29, 1.82) is 0 Å². The van der Waals surface area contributed by atoms with Gasteiger partial charge in [0.25, 0.3) is 5.91 Å². The van der Waals surface area contributed by atoms with Crippen molar-refractivity contribution in [2.45, 2.75) is 38.5 Å². The second kappa shape index (κ2) is 13.0. The maximum atomic E-state index is 13.3. The van der Waals surface area contributed by atoms with Gasteiger partial charge in [0.1, 0.15) is 0 Å². The normalized spacial score (nSPS) is 14.0.